The molecule has 0 bridgehead atoms. The number of para-hydroxylation sites is 1. The van der Waals surface area contributed by atoms with E-state index in [0.29, 0.717) is 0 Å². The number of hydrogen-bond acceptors (Lipinski definition) is 5. The number of nitrogens with one attached hydrogen (secondary N) is 2. The number of carbonyl (C=O) groups excluding carboxylic acids is 3. The molecule has 0 radical (unpaired) electrons. The van der Waals surface area contributed by atoms with E-state index in [1.54, 1.807) is 32.9 Å². The Bertz CT molecular complexity index is 578. The third-order valence-electron chi connectivity index (χ3n) is 2.50. The highest BCUT2D eigenvalue weighted by Crippen LogP contribution is 2.17. The molecule has 7 nitrogen and oxygen atoms in total. The molecule has 0 spiro atoms. The molecule has 1 unspecified atom stereocenters. The molecule has 0 heterocycles. The van der Waals surface area contributed by atoms with Crippen molar-refractivity contribution in [2.45, 2.75) is 39.3 Å². The van der Waals surface area contributed by atoms with Crippen LogP contribution in [0, 0.1) is 0 Å². The lowest BCUT2D eigenvalue weighted by Crippen LogP contribution is -2.50. The average Bonchev–Trinajstić information content (AvgIpc) is 2.36. The van der Waals surface area contributed by atoms with Crippen molar-refractivity contribution in [1.29, 1.82) is 0 Å². The number of aromatic hydroxyl groups is 1. The smallest absolute Gasteiger partial charge is 0.342 e. The first-order valence-electron chi connectivity index (χ1n) is 6.72. The van der Waals surface area contributed by atoms with Crippen LogP contribution in [-0.2, 0) is 9.53 Å². The summed E-state index contributed by atoms with van der Waals surface area (Å²) >= 11 is 0. The molecule has 0 aliphatic heterocycles. The van der Waals surface area contributed by atoms with Crippen LogP contribution >= 0.6 is 0 Å². The fourth-order valence-electron chi connectivity index (χ4n) is 1.51. The number of rotatable bonds is 3. The fourth-order valence-corrected chi connectivity index (χ4v) is 1.51. The number of carbonyl (C=O) groups is 3. The number of ether oxygens (including phenoxy) is 1. The molecule has 0 aliphatic rings. The maximum atomic E-state index is 11.8. The zero-order valence-corrected chi connectivity index (χ0v) is 13.0. The Kier molecular flexibility index (Phi) is 5.50. The van der Waals surface area contributed by atoms with E-state index in [-0.39, 0.29) is 11.3 Å². The van der Waals surface area contributed by atoms with Crippen molar-refractivity contribution in [1.82, 2.24) is 10.6 Å². The Balaban J connectivity index is 2.60. The molecule has 0 aliphatic carbocycles. The van der Waals surface area contributed by atoms with Crippen molar-refractivity contribution < 1.29 is 24.2 Å². The summed E-state index contributed by atoms with van der Waals surface area (Å²) in [4.78, 5) is 35.2. The normalized spacial score (nSPS) is 12.2. The first-order chi connectivity index (χ1) is 10.1. The molecule has 0 saturated heterocycles. The largest absolute Gasteiger partial charge is 0.507 e. The van der Waals surface area contributed by atoms with Crippen LogP contribution in [0.15, 0.2) is 24.3 Å². The quantitative estimate of drug-likeness (QED) is 0.735. The van der Waals surface area contributed by atoms with E-state index in [1.165, 1.54) is 19.1 Å². The molecule has 1 aromatic carbocycles. The van der Waals surface area contributed by atoms with Gasteiger partial charge in [0, 0.05) is 5.54 Å². The predicted octanol–water partition coefficient (Wildman–Crippen LogP) is 1.56. The number of phenols is 1. The van der Waals surface area contributed by atoms with Crippen molar-refractivity contribution in [2.24, 2.45) is 0 Å². The lowest BCUT2D eigenvalue weighted by molar-refractivity contribution is -0.127. The van der Waals surface area contributed by atoms with Gasteiger partial charge in [0.2, 0.25) is 0 Å². The summed E-state index contributed by atoms with van der Waals surface area (Å²) < 4.78 is 4.92. The predicted molar refractivity (Wildman–Crippen MR) is 79.4 cm³/mol. The molecule has 22 heavy (non-hydrogen) atoms. The number of amides is 3. The topological polar surface area (TPSA) is 105 Å². The van der Waals surface area contributed by atoms with E-state index >= 15 is 0 Å². The molecule has 3 amide bonds. The molecule has 0 fully saturated rings. The van der Waals surface area contributed by atoms with Gasteiger partial charge in [0.15, 0.2) is 6.10 Å². The van der Waals surface area contributed by atoms with Crippen molar-refractivity contribution in [3.8, 4) is 5.75 Å². The van der Waals surface area contributed by atoms with Crippen LogP contribution in [0.5, 0.6) is 5.75 Å². The molecule has 120 valence electrons. The third kappa shape index (κ3) is 5.43. The van der Waals surface area contributed by atoms with Crippen LogP contribution in [0.4, 0.5) is 4.79 Å². The van der Waals surface area contributed by atoms with Gasteiger partial charge in [-0.25, -0.2) is 9.59 Å². The maximum absolute atomic E-state index is 11.8. The summed E-state index contributed by atoms with van der Waals surface area (Å²) in [6, 6.07) is 5.13. The van der Waals surface area contributed by atoms with Crippen LogP contribution < -0.4 is 10.6 Å². The van der Waals surface area contributed by atoms with E-state index in [4.69, 9.17) is 4.74 Å². The Labute approximate surface area is 128 Å². The number of benzene rings is 1. The summed E-state index contributed by atoms with van der Waals surface area (Å²) in [5.74, 6) is -1.85. The van der Waals surface area contributed by atoms with Gasteiger partial charge in [0.05, 0.1) is 0 Å². The van der Waals surface area contributed by atoms with Crippen molar-refractivity contribution >= 4 is 17.9 Å². The SMILES string of the molecule is CC(OC(=O)c1ccccc1O)C(=O)NC(=O)NC(C)(C)C. The second-order valence-corrected chi connectivity index (χ2v) is 5.76. The second-order valence-electron chi connectivity index (χ2n) is 5.76. The first-order valence-corrected chi connectivity index (χ1v) is 6.72. The average molecular weight is 308 g/mol. The van der Waals surface area contributed by atoms with Gasteiger partial charge in [-0.2, -0.15) is 0 Å². The first kappa shape index (κ1) is 17.5. The van der Waals surface area contributed by atoms with Crippen molar-refractivity contribution in [3.63, 3.8) is 0 Å². The van der Waals surface area contributed by atoms with E-state index in [2.05, 4.69) is 10.6 Å². The second kappa shape index (κ2) is 6.93. The molecular formula is C15H20N2O5. The standard InChI is InChI=1S/C15H20N2O5/c1-9(12(19)16-14(21)17-15(2,3)4)22-13(20)10-7-5-6-8-11(10)18/h5-9,18H,1-4H3,(H2,16,17,19,21). The van der Waals surface area contributed by atoms with Gasteiger partial charge in [-0.15, -0.1) is 0 Å². The number of hydrogen-bond donors (Lipinski definition) is 3. The summed E-state index contributed by atoms with van der Waals surface area (Å²) in [5.41, 5.74) is -0.554. The molecule has 1 atom stereocenters. The fraction of sp³-hybridized carbons (Fsp3) is 0.400. The Morgan fingerprint density at radius 3 is 2.32 bits per heavy atom. The van der Waals surface area contributed by atoms with Gasteiger partial charge >= 0.3 is 12.0 Å². The minimum absolute atomic E-state index is 0.0544. The number of phenolic OH excluding ortho intramolecular Hbond substituents is 1. The highest BCUT2D eigenvalue weighted by atomic mass is 16.5. The molecule has 1 rings (SSSR count). The van der Waals surface area contributed by atoms with Crippen molar-refractivity contribution in [2.75, 3.05) is 0 Å². The molecule has 1 aromatic rings. The maximum Gasteiger partial charge on any atom is 0.342 e. The monoisotopic (exact) mass is 308 g/mol. The minimum atomic E-state index is -1.18. The number of urea groups is 1. The Morgan fingerprint density at radius 2 is 1.77 bits per heavy atom. The van der Waals surface area contributed by atoms with E-state index in [0.717, 1.165) is 0 Å². The highest BCUT2D eigenvalue weighted by Gasteiger charge is 2.23. The lowest BCUT2D eigenvalue weighted by atomic mass is 10.1. The van der Waals surface area contributed by atoms with Crippen LogP contribution in [0.25, 0.3) is 0 Å². The summed E-state index contributed by atoms with van der Waals surface area (Å²) in [6.45, 7) is 6.62. The zero-order valence-electron chi connectivity index (χ0n) is 13.0. The number of esters is 1. The van der Waals surface area contributed by atoms with Gasteiger partial charge in [-0.3, -0.25) is 10.1 Å². The Hall–Kier alpha value is -2.57. The van der Waals surface area contributed by atoms with Crippen LogP contribution in [-0.4, -0.2) is 34.7 Å². The van der Waals surface area contributed by atoms with Gasteiger partial charge in [-0.05, 0) is 39.8 Å². The Morgan fingerprint density at radius 1 is 1.18 bits per heavy atom. The van der Waals surface area contributed by atoms with Gasteiger partial charge in [0.25, 0.3) is 5.91 Å². The van der Waals surface area contributed by atoms with E-state index in [1.807, 2.05) is 0 Å². The van der Waals surface area contributed by atoms with Crippen LogP contribution in [0.3, 0.4) is 0 Å². The van der Waals surface area contributed by atoms with Crippen LogP contribution in [0.1, 0.15) is 38.1 Å². The summed E-state index contributed by atoms with van der Waals surface area (Å²) in [6.07, 6.45) is -1.18. The minimum Gasteiger partial charge on any atom is -0.507 e. The molecule has 0 saturated carbocycles. The van der Waals surface area contributed by atoms with Gasteiger partial charge < -0.3 is 15.2 Å². The molecule has 7 heteroatoms. The lowest BCUT2D eigenvalue weighted by Gasteiger charge is -2.21. The third-order valence-corrected chi connectivity index (χ3v) is 2.50. The molecular weight excluding hydrogens is 288 g/mol. The van der Waals surface area contributed by atoms with Gasteiger partial charge in [-0.1, -0.05) is 12.1 Å². The van der Waals surface area contributed by atoms with Crippen molar-refractivity contribution in [3.05, 3.63) is 29.8 Å². The summed E-state index contributed by atoms with van der Waals surface area (Å²) in [7, 11) is 0. The molecule has 0 aromatic heterocycles. The number of imide groups is 1. The summed E-state index contributed by atoms with van der Waals surface area (Å²) in [5, 5.41) is 14.2. The van der Waals surface area contributed by atoms with Crippen LogP contribution in [0.2, 0.25) is 0 Å². The highest BCUT2D eigenvalue weighted by molar-refractivity contribution is 5.99. The molecule has 3 N–H and O–H groups in total. The van der Waals surface area contributed by atoms with E-state index < -0.39 is 29.6 Å². The van der Waals surface area contributed by atoms with E-state index in [9.17, 15) is 19.5 Å². The van der Waals surface area contributed by atoms with Gasteiger partial charge in [0.1, 0.15) is 11.3 Å². The zero-order chi connectivity index (χ0) is 16.9.